The van der Waals surface area contributed by atoms with Crippen molar-refractivity contribution in [2.45, 2.75) is 19.0 Å². The van der Waals surface area contributed by atoms with Crippen molar-refractivity contribution in [3.8, 4) is 11.5 Å². The lowest BCUT2D eigenvalue weighted by Crippen LogP contribution is -2.32. The number of hydrogen-bond donors (Lipinski definition) is 3. The molecule has 2 aliphatic rings. The molecule has 5 rings (SSSR count). The second-order valence-electron chi connectivity index (χ2n) is 7.81. The van der Waals surface area contributed by atoms with Gasteiger partial charge in [-0.15, -0.1) is 0 Å². The third-order valence-electron chi connectivity index (χ3n) is 5.89. The highest BCUT2D eigenvalue weighted by Gasteiger charge is 2.34. The number of nitrogens with one attached hydrogen (secondary N) is 1. The van der Waals surface area contributed by atoms with Gasteiger partial charge in [0.15, 0.2) is 0 Å². The van der Waals surface area contributed by atoms with Crippen LogP contribution in [-0.2, 0) is 0 Å². The third-order valence-corrected chi connectivity index (χ3v) is 5.89. The molecule has 0 radical (unpaired) electrons. The molecule has 0 spiro atoms. The molecular weight excluding hydrogens is 358 g/mol. The molecule has 3 aromatic rings. The van der Waals surface area contributed by atoms with Crippen LogP contribution in [0.1, 0.15) is 35.7 Å². The van der Waals surface area contributed by atoms with Gasteiger partial charge in [0.1, 0.15) is 11.5 Å². The molecule has 3 nitrogen and oxygen atoms in total. The first-order valence-electron chi connectivity index (χ1n) is 9.98. The Balaban J connectivity index is 1.80. The van der Waals surface area contributed by atoms with Gasteiger partial charge in [-0.1, -0.05) is 79.8 Å². The topological polar surface area (TPSA) is 52.5 Å². The van der Waals surface area contributed by atoms with Crippen molar-refractivity contribution in [2.24, 2.45) is 5.92 Å². The minimum absolute atomic E-state index is 0.182. The van der Waals surface area contributed by atoms with Crippen molar-refractivity contribution in [2.75, 3.05) is 0 Å². The molecule has 0 fully saturated rings. The average Bonchev–Trinajstić information content (AvgIpc) is 2.97. The molecule has 0 aromatic heterocycles. The van der Waals surface area contributed by atoms with Crippen LogP contribution in [0.3, 0.4) is 0 Å². The zero-order valence-electron chi connectivity index (χ0n) is 16.2. The van der Waals surface area contributed by atoms with Gasteiger partial charge in [0.25, 0.3) is 0 Å². The molecule has 3 unspecified atom stereocenters. The summed E-state index contributed by atoms with van der Waals surface area (Å²) in [5, 5.41) is 27.3. The van der Waals surface area contributed by atoms with E-state index in [1.807, 2.05) is 30.3 Å². The first kappa shape index (κ1) is 17.8. The maximum atomic E-state index is 10.8. The van der Waals surface area contributed by atoms with Gasteiger partial charge in [-0.25, -0.2) is 0 Å². The van der Waals surface area contributed by atoms with Crippen molar-refractivity contribution in [3.05, 3.63) is 107 Å². The Morgan fingerprint density at radius 3 is 2.21 bits per heavy atom. The minimum atomic E-state index is -0.190. The van der Waals surface area contributed by atoms with E-state index in [1.54, 1.807) is 12.1 Å². The maximum absolute atomic E-state index is 10.8. The van der Waals surface area contributed by atoms with Crippen LogP contribution in [-0.4, -0.2) is 10.2 Å². The van der Waals surface area contributed by atoms with Crippen LogP contribution in [0.2, 0.25) is 0 Å². The monoisotopic (exact) mass is 381 g/mol. The number of aromatic hydroxyl groups is 2. The van der Waals surface area contributed by atoms with E-state index in [0.717, 1.165) is 33.0 Å². The van der Waals surface area contributed by atoms with Crippen molar-refractivity contribution in [3.63, 3.8) is 0 Å². The van der Waals surface area contributed by atoms with E-state index < -0.39 is 0 Å². The van der Waals surface area contributed by atoms with E-state index >= 15 is 0 Å². The molecule has 0 saturated heterocycles. The minimum Gasteiger partial charge on any atom is -0.508 e. The molecule has 1 aliphatic heterocycles. The maximum Gasteiger partial charge on any atom is 0.121 e. The summed E-state index contributed by atoms with van der Waals surface area (Å²) in [7, 11) is 0. The van der Waals surface area contributed by atoms with Crippen LogP contribution in [0.5, 0.6) is 11.5 Å². The molecule has 1 heterocycles. The standard InChI is InChI=1S/C26H23NO2/c1-16-6-5-9-19(11-10-16)26-24-21(29)15-13-17-12-14-20(28)23(22(17)24)25(27-26)18-7-3-2-4-8-18/h2-16,25-29H,1H3. The van der Waals surface area contributed by atoms with E-state index in [0.29, 0.717) is 5.92 Å². The van der Waals surface area contributed by atoms with Gasteiger partial charge in [0.05, 0.1) is 12.1 Å². The molecule has 0 saturated carbocycles. The summed E-state index contributed by atoms with van der Waals surface area (Å²) in [4.78, 5) is 0. The largest absolute Gasteiger partial charge is 0.508 e. The predicted octanol–water partition coefficient (Wildman–Crippen LogP) is 5.67. The normalized spacial score (nSPS) is 23.1. The Kier molecular flexibility index (Phi) is 4.26. The highest BCUT2D eigenvalue weighted by Crippen LogP contribution is 2.48. The van der Waals surface area contributed by atoms with Crippen LogP contribution in [0.25, 0.3) is 10.8 Å². The zero-order chi connectivity index (χ0) is 20.0. The summed E-state index contributed by atoms with van der Waals surface area (Å²) in [6.45, 7) is 2.15. The number of phenols is 2. The molecule has 3 heteroatoms. The Bertz CT molecular complexity index is 1170. The number of allylic oxidation sites excluding steroid dienone is 4. The quantitative estimate of drug-likeness (QED) is 0.536. The number of rotatable bonds is 2. The molecule has 3 aromatic carbocycles. The van der Waals surface area contributed by atoms with Crippen LogP contribution in [0, 0.1) is 5.92 Å². The van der Waals surface area contributed by atoms with E-state index in [4.69, 9.17) is 0 Å². The Morgan fingerprint density at radius 2 is 1.48 bits per heavy atom. The summed E-state index contributed by atoms with van der Waals surface area (Å²) >= 11 is 0. The highest BCUT2D eigenvalue weighted by molar-refractivity contribution is 5.95. The lowest BCUT2D eigenvalue weighted by molar-refractivity contribution is 0.432. The van der Waals surface area contributed by atoms with E-state index in [2.05, 4.69) is 54.8 Å². The summed E-state index contributed by atoms with van der Waals surface area (Å²) in [5.74, 6) is 0.838. The van der Waals surface area contributed by atoms with Gasteiger partial charge in [-0.2, -0.15) is 0 Å². The fourth-order valence-corrected chi connectivity index (χ4v) is 4.46. The Morgan fingerprint density at radius 1 is 0.793 bits per heavy atom. The Labute approximate surface area is 170 Å². The molecule has 3 N–H and O–H groups in total. The lowest BCUT2D eigenvalue weighted by Gasteiger charge is -2.35. The first-order chi connectivity index (χ1) is 14.1. The van der Waals surface area contributed by atoms with Crippen molar-refractivity contribution in [1.82, 2.24) is 5.32 Å². The molecule has 0 bridgehead atoms. The van der Waals surface area contributed by atoms with Crippen molar-refractivity contribution in [1.29, 1.82) is 0 Å². The second kappa shape index (κ2) is 6.94. The third kappa shape index (κ3) is 2.95. The molecule has 3 atom stereocenters. The average molecular weight is 381 g/mol. The van der Waals surface area contributed by atoms with E-state index in [-0.39, 0.29) is 23.6 Å². The fourth-order valence-electron chi connectivity index (χ4n) is 4.46. The molecule has 144 valence electrons. The summed E-state index contributed by atoms with van der Waals surface area (Å²) < 4.78 is 0. The molecular formula is C26H23NO2. The second-order valence-corrected chi connectivity index (χ2v) is 7.81. The highest BCUT2D eigenvalue weighted by atomic mass is 16.3. The predicted molar refractivity (Wildman–Crippen MR) is 117 cm³/mol. The lowest BCUT2D eigenvalue weighted by atomic mass is 9.81. The SMILES string of the molecule is CC1C=CC=C(C2NC(c3ccccc3)c3c(O)ccc4ccc(O)c2c34)C=C1. The van der Waals surface area contributed by atoms with Gasteiger partial charge in [0.2, 0.25) is 0 Å². The van der Waals surface area contributed by atoms with E-state index in [9.17, 15) is 10.2 Å². The van der Waals surface area contributed by atoms with Crippen LogP contribution in [0.4, 0.5) is 0 Å². The molecule has 0 amide bonds. The smallest absolute Gasteiger partial charge is 0.121 e. The zero-order valence-corrected chi connectivity index (χ0v) is 16.2. The van der Waals surface area contributed by atoms with Gasteiger partial charge < -0.3 is 10.2 Å². The van der Waals surface area contributed by atoms with Gasteiger partial charge in [-0.05, 0) is 40.0 Å². The number of benzene rings is 3. The molecule has 1 aliphatic carbocycles. The van der Waals surface area contributed by atoms with Crippen LogP contribution < -0.4 is 5.32 Å². The van der Waals surface area contributed by atoms with Gasteiger partial charge >= 0.3 is 0 Å². The Hall–Kier alpha value is -3.30. The van der Waals surface area contributed by atoms with Crippen LogP contribution in [0.15, 0.2) is 90.6 Å². The van der Waals surface area contributed by atoms with Gasteiger partial charge in [-0.3, -0.25) is 5.32 Å². The fraction of sp³-hybridized carbons (Fsp3) is 0.154. The summed E-state index contributed by atoms with van der Waals surface area (Å²) in [5.41, 5.74) is 3.80. The molecule has 29 heavy (non-hydrogen) atoms. The van der Waals surface area contributed by atoms with Gasteiger partial charge in [0, 0.05) is 11.1 Å². The summed E-state index contributed by atoms with van der Waals surface area (Å²) in [6.07, 6.45) is 10.6. The number of phenolic OH excluding ortho intramolecular Hbond substituents is 2. The van der Waals surface area contributed by atoms with Crippen LogP contribution >= 0.6 is 0 Å². The first-order valence-corrected chi connectivity index (χ1v) is 9.98. The number of hydrogen-bond acceptors (Lipinski definition) is 3. The summed E-state index contributed by atoms with van der Waals surface area (Å²) in [6, 6.07) is 17.1. The van der Waals surface area contributed by atoms with Crippen molar-refractivity contribution >= 4 is 10.8 Å². The van der Waals surface area contributed by atoms with E-state index in [1.165, 1.54) is 0 Å². The van der Waals surface area contributed by atoms with Crippen molar-refractivity contribution < 1.29 is 10.2 Å².